The first-order valence-electron chi connectivity index (χ1n) is 6.35. The van der Waals surface area contributed by atoms with E-state index in [0.29, 0.717) is 5.39 Å². The molecule has 1 aromatic heterocycles. The molecular formula is C15H18N2O2S. The lowest BCUT2D eigenvalue weighted by Crippen LogP contribution is -2.26. The van der Waals surface area contributed by atoms with Gasteiger partial charge in [-0.15, -0.1) is 0 Å². The first-order chi connectivity index (χ1) is 9.44. The van der Waals surface area contributed by atoms with Crippen molar-refractivity contribution < 1.29 is 9.90 Å². The molecule has 0 aliphatic carbocycles. The Kier molecular flexibility index (Phi) is 4.18. The van der Waals surface area contributed by atoms with Crippen LogP contribution in [0.2, 0.25) is 0 Å². The molecule has 0 saturated carbocycles. The third-order valence-electron chi connectivity index (χ3n) is 3.26. The number of carboxylic acids is 1. The lowest BCUT2D eigenvalue weighted by atomic mass is 10.1. The van der Waals surface area contributed by atoms with Gasteiger partial charge in [0.2, 0.25) is 0 Å². The van der Waals surface area contributed by atoms with Gasteiger partial charge in [-0.2, -0.15) is 11.8 Å². The minimum Gasteiger partial charge on any atom is -0.478 e. The maximum atomic E-state index is 11.2. The fourth-order valence-electron chi connectivity index (χ4n) is 1.87. The van der Waals surface area contributed by atoms with Crippen molar-refractivity contribution in [1.82, 2.24) is 4.98 Å². The summed E-state index contributed by atoms with van der Waals surface area (Å²) in [5.41, 5.74) is 0.232. The lowest BCUT2D eigenvalue weighted by Gasteiger charge is -2.23. The van der Waals surface area contributed by atoms with E-state index in [1.54, 1.807) is 11.8 Å². The highest BCUT2D eigenvalue weighted by Gasteiger charge is 2.17. The van der Waals surface area contributed by atoms with Crippen molar-refractivity contribution in [2.75, 3.05) is 18.1 Å². The average Bonchev–Trinajstić information content (AvgIpc) is 2.44. The summed E-state index contributed by atoms with van der Waals surface area (Å²) in [6.07, 6.45) is 3.49. The van der Waals surface area contributed by atoms with Crippen molar-refractivity contribution in [3.63, 3.8) is 0 Å². The number of anilines is 1. The van der Waals surface area contributed by atoms with E-state index in [1.165, 1.54) is 6.20 Å². The van der Waals surface area contributed by atoms with Crippen molar-refractivity contribution in [1.29, 1.82) is 0 Å². The first kappa shape index (κ1) is 14.7. The highest BCUT2D eigenvalue weighted by molar-refractivity contribution is 7.99. The molecule has 0 bridgehead atoms. The van der Waals surface area contributed by atoms with Crippen molar-refractivity contribution in [3.05, 3.63) is 36.0 Å². The number of fused-ring (bicyclic) bond motifs is 1. The van der Waals surface area contributed by atoms with Gasteiger partial charge in [0.1, 0.15) is 5.82 Å². The predicted molar refractivity (Wildman–Crippen MR) is 84.8 cm³/mol. The molecule has 0 saturated heterocycles. The molecule has 0 atom stereocenters. The summed E-state index contributed by atoms with van der Waals surface area (Å²) in [6, 6.07) is 7.43. The highest BCUT2D eigenvalue weighted by Crippen LogP contribution is 2.26. The molecular weight excluding hydrogens is 272 g/mol. The number of nitrogens with one attached hydrogen (secondary N) is 1. The third-order valence-corrected chi connectivity index (χ3v) is 4.51. The summed E-state index contributed by atoms with van der Waals surface area (Å²) in [5.74, 6) is -0.225. The van der Waals surface area contributed by atoms with Gasteiger partial charge in [0, 0.05) is 28.3 Å². The number of hydrogen-bond acceptors (Lipinski definition) is 4. The number of aromatic carboxylic acids is 1. The second kappa shape index (κ2) is 5.71. The fraction of sp³-hybridized carbons (Fsp3) is 0.333. The van der Waals surface area contributed by atoms with Crippen molar-refractivity contribution >= 4 is 34.3 Å². The van der Waals surface area contributed by atoms with Gasteiger partial charge >= 0.3 is 5.97 Å². The molecule has 1 heterocycles. The van der Waals surface area contributed by atoms with Crippen LogP contribution in [0.4, 0.5) is 5.82 Å². The number of benzene rings is 1. The smallest absolute Gasteiger partial charge is 0.337 e. The Bertz CT molecular complexity index is 641. The van der Waals surface area contributed by atoms with E-state index in [9.17, 15) is 9.90 Å². The molecule has 4 nitrogen and oxygen atoms in total. The molecule has 2 aromatic rings. The van der Waals surface area contributed by atoms with Gasteiger partial charge in [0.25, 0.3) is 0 Å². The van der Waals surface area contributed by atoms with Gasteiger partial charge in [-0.25, -0.2) is 9.78 Å². The molecule has 106 valence electrons. The summed E-state index contributed by atoms with van der Waals surface area (Å²) < 4.78 is 0.0915. The molecule has 0 radical (unpaired) electrons. The van der Waals surface area contributed by atoms with E-state index in [1.807, 2.05) is 24.3 Å². The van der Waals surface area contributed by atoms with Crippen LogP contribution in [-0.4, -0.2) is 33.6 Å². The molecule has 2 N–H and O–H groups in total. The van der Waals surface area contributed by atoms with E-state index in [4.69, 9.17) is 0 Å². The van der Waals surface area contributed by atoms with Crippen LogP contribution < -0.4 is 5.32 Å². The monoisotopic (exact) mass is 290 g/mol. The zero-order chi connectivity index (χ0) is 14.8. The molecule has 0 aliphatic heterocycles. The van der Waals surface area contributed by atoms with Crippen LogP contribution in [0, 0.1) is 0 Å². The van der Waals surface area contributed by atoms with Crippen molar-refractivity contribution in [2.45, 2.75) is 18.6 Å². The molecule has 1 aromatic carbocycles. The number of aromatic nitrogens is 1. The van der Waals surface area contributed by atoms with Crippen LogP contribution >= 0.6 is 11.8 Å². The zero-order valence-electron chi connectivity index (χ0n) is 11.8. The Labute approximate surface area is 122 Å². The Morgan fingerprint density at radius 1 is 1.35 bits per heavy atom. The van der Waals surface area contributed by atoms with Crippen LogP contribution in [0.15, 0.2) is 30.5 Å². The molecule has 20 heavy (non-hydrogen) atoms. The Balaban J connectivity index is 2.41. The van der Waals surface area contributed by atoms with Crippen molar-refractivity contribution in [3.8, 4) is 0 Å². The second-order valence-corrected chi connectivity index (χ2v) is 6.70. The van der Waals surface area contributed by atoms with Gasteiger partial charge in [0.05, 0.1) is 5.56 Å². The normalized spacial score (nSPS) is 11.6. The molecule has 0 spiro atoms. The second-order valence-electron chi connectivity index (χ2n) is 5.19. The Morgan fingerprint density at radius 3 is 2.60 bits per heavy atom. The Hall–Kier alpha value is -1.75. The highest BCUT2D eigenvalue weighted by atomic mass is 32.2. The van der Waals surface area contributed by atoms with E-state index in [2.05, 4.69) is 30.4 Å². The fourth-order valence-corrected chi connectivity index (χ4v) is 2.09. The summed E-state index contributed by atoms with van der Waals surface area (Å²) in [7, 11) is 0. The minimum absolute atomic E-state index is 0.0915. The number of rotatable bonds is 5. The van der Waals surface area contributed by atoms with Crippen LogP contribution in [0.1, 0.15) is 24.2 Å². The van der Waals surface area contributed by atoms with Gasteiger partial charge in [0.15, 0.2) is 0 Å². The number of carboxylic acid groups (broad SMARTS) is 1. The van der Waals surface area contributed by atoms with Crippen LogP contribution in [0.5, 0.6) is 0 Å². The number of nitrogens with zero attached hydrogens (tertiary/aromatic N) is 1. The largest absolute Gasteiger partial charge is 0.478 e. The summed E-state index contributed by atoms with van der Waals surface area (Å²) in [6.45, 7) is 5.06. The third kappa shape index (κ3) is 3.04. The maximum absolute atomic E-state index is 11.2. The summed E-state index contributed by atoms with van der Waals surface area (Å²) in [5, 5.41) is 14.1. The predicted octanol–water partition coefficient (Wildman–Crippen LogP) is 3.49. The van der Waals surface area contributed by atoms with Crippen LogP contribution in [-0.2, 0) is 0 Å². The average molecular weight is 290 g/mol. The standard InChI is InChI=1S/C15H18N2O2S/c1-15(2,20-3)9-17-13-11-7-5-4-6-10(11)12(8-16-13)14(18)19/h4-8H,9H2,1-3H3,(H,16,17)(H,18,19). The summed E-state index contributed by atoms with van der Waals surface area (Å²) >= 11 is 1.78. The maximum Gasteiger partial charge on any atom is 0.337 e. The van der Waals surface area contributed by atoms with Crippen LogP contribution in [0.3, 0.4) is 0 Å². The number of hydrogen-bond donors (Lipinski definition) is 2. The Morgan fingerprint density at radius 2 is 2.00 bits per heavy atom. The topological polar surface area (TPSA) is 62.2 Å². The lowest BCUT2D eigenvalue weighted by molar-refractivity contribution is 0.0698. The van der Waals surface area contributed by atoms with Gasteiger partial charge in [-0.3, -0.25) is 0 Å². The number of carbonyl (C=O) groups is 1. The molecule has 5 heteroatoms. The van der Waals surface area contributed by atoms with Crippen molar-refractivity contribution in [2.24, 2.45) is 0 Å². The van der Waals surface area contributed by atoms with Gasteiger partial charge in [-0.05, 0) is 20.1 Å². The number of thioether (sulfide) groups is 1. The van der Waals surface area contributed by atoms with Gasteiger partial charge < -0.3 is 10.4 Å². The van der Waals surface area contributed by atoms with E-state index < -0.39 is 5.97 Å². The quantitative estimate of drug-likeness (QED) is 0.882. The molecule has 0 aliphatic rings. The molecule has 0 unspecified atom stereocenters. The van der Waals surface area contributed by atoms with Gasteiger partial charge in [-0.1, -0.05) is 24.3 Å². The molecule has 0 fully saturated rings. The van der Waals surface area contributed by atoms with E-state index >= 15 is 0 Å². The first-order valence-corrected chi connectivity index (χ1v) is 7.57. The van der Waals surface area contributed by atoms with E-state index in [-0.39, 0.29) is 10.3 Å². The van der Waals surface area contributed by atoms with Crippen LogP contribution in [0.25, 0.3) is 10.8 Å². The SMILES string of the molecule is CSC(C)(C)CNc1ncc(C(=O)O)c2ccccc12. The minimum atomic E-state index is -0.954. The molecule has 0 amide bonds. The number of pyridine rings is 1. The zero-order valence-corrected chi connectivity index (χ0v) is 12.6. The summed E-state index contributed by atoms with van der Waals surface area (Å²) in [4.78, 5) is 15.5. The van der Waals surface area contributed by atoms with E-state index in [0.717, 1.165) is 17.7 Å². The molecule has 2 rings (SSSR count).